The van der Waals surface area contributed by atoms with E-state index in [2.05, 4.69) is 25.8 Å². The zero-order valence-corrected chi connectivity index (χ0v) is 15.8. The van der Waals surface area contributed by atoms with Crippen LogP contribution in [-0.4, -0.2) is 33.0 Å². The van der Waals surface area contributed by atoms with Crippen LogP contribution < -0.4 is 10.6 Å². The largest absolute Gasteiger partial charge is 0.337 e. The highest BCUT2D eigenvalue weighted by Gasteiger charge is 2.26. The lowest BCUT2D eigenvalue weighted by Crippen LogP contribution is -2.43. The fraction of sp³-hybridized carbons (Fsp3) is 0.238. The molecule has 0 saturated heterocycles. The number of halogens is 1. The molecule has 2 aromatic carbocycles. The second kappa shape index (κ2) is 7.83. The number of hydrogen-bond donors (Lipinski definition) is 3. The van der Waals surface area contributed by atoms with Gasteiger partial charge >= 0.3 is 0 Å². The van der Waals surface area contributed by atoms with Crippen molar-refractivity contribution in [2.45, 2.75) is 32.2 Å². The summed E-state index contributed by atoms with van der Waals surface area (Å²) in [6.07, 6.45) is 1.46. The molecule has 0 fully saturated rings. The molecule has 1 unspecified atom stereocenters. The van der Waals surface area contributed by atoms with E-state index < -0.39 is 17.8 Å². The number of rotatable bonds is 4. The number of anilines is 1. The first kappa shape index (κ1) is 18.8. The molecule has 2 amide bonds. The highest BCUT2D eigenvalue weighted by atomic mass is 19.1. The molecule has 0 saturated carbocycles. The smallest absolute Gasteiger partial charge is 0.289 e. The highest BCUT2D eigenvalue weighted by Crippen LogP contribution is 2.23. The number of fused-ring (bicyclic) bond motifs is 1. The molecule has 0 bridgehead atoms. The lowest BCUT2D eigenvalue weighted by Gasteiger charge is -2.14. The van der Waals surface area contributed by atoms with E-state index in [-0.39, 0.29) is 11.7 Å². The third kappa shape index (κ3) is 4.31. The Hall–Kier alpha value is -3.55. The second-order valence-corrected chi connectivity index (χ2v) is 7.14. The number of aryl methyl sites for hydroxylation is 2. The van der Waals surface area contributed by atoms with Gasteiger partial charge in [-0.15, -0.1) is 10.2 Å². The third-order valence-electron chi connectivity index (χ3n) is 4.89. The molecular formula is C21H20FN5O2. The Morgan fingerprint density at radius 3 is 2.79 bits per heavy atom. The maximum absolute atomic E-state index is 13.4. The van der Waals surface area contributed by atoms with Gasteiger partial charge in [-0.1, -0.05) is 35.9 Å². The van der Waals surface area contributed by atoms with Gasteiger partial charge in [0, 0.05) is 12.1 Å². The minimum atomic E-state index is -0.747. The first-order valence-corrected chi connectivity index (χ1v) is 9.35. The standard InChI is InChI=1S/C21H20FN5O2/c1-12-2-4-13(5-3-12)10-18-25-19(27-26-18)21(29)23-16-9-7-14-6-8-15(22)11-17(14)24-20(16)28/h2-6,8,11,16H,7,9-10H2,1H3,(H,23,29)(H,24,28)(H,25,26,27). The number of aromatic nitrogens is 3. The van der Waals surface area contributed by atoms with Gasteiger partial charge in [0.1, 0.15) is 17.7 Å². The van der Waals surface area contributed by atoms with E-state index in [1.807, 2.05) is 31.2 Å². The molecule has 29 heavy (non-hydrogen) atoms. The van der Waals surface area contributed by atoms with Crippen LogP contribution in [0.2, 0.25) is 0 Å². The Bertz CT molecular complexity index is 1060. The second-order valence-electron chi connectivity index (χ2n) is 7.14. The molecule has 8 heteroatoms. The van der Waals surface area contributed by atoms with Gasteiger partial charge in [0.15, 0.2) is 0 Å². The van der Waals surface area contributed by atoms with Crippen LogP contribution >= 0.6 is 0 Å². The molecule has 1 aromatic heterocycles. The fourth-order valence-corrected chi connectivity index (χ4v) is 3.28. The van der Waals surface area contributed by atoms with Crippen molar-refractivity contribution in [1.82, 2.24) is 20.5 Å². The maximum Gasteiger partial charge on any atom is 0.289 e. The van der Waals surface area contributed by atoms with E-state index in [4.69, 9.17) is 0 Å². The van der Waals surface area contributed by atoms with E-state index in [9.17, 15) is 14.0 Å². The number of H-pyrrole nitrogens is 1. The van der Waals surface area contributed by atoms with Crippen LogP contribution in [0.25, 0.3) is 0 Å². The lowest BCUT2D eigenvalue weighted by atomic mass is 10.1. The number of hydrogen-bond acceptors (Lipinski definition) is 4. The van der Waals surface area contributed by atoms with Gasteiger partial charge in [-0.2, -0.15) is 0 Å². The number of aromatic amines is 1. The number of carbonyl (C=O) groups is 2. The summed E-state index contributed by atoms with van der Waals surface area (Å²) in [4.78, 5) is 27.9. The van der Waals surface area contributed by atoms with Gasteiger partial charge < -0.3 is 15.6 Å². The van der Waals surface area contributed by atoms with Crippen molar-refractivity contribution in [3.63, 3.8) is 0 Å². The Kier molecular flexibility index (Phi) is 5.07. The molecule has 1 aliphatic heterocycles. The zero-order chi connectivity index (χ0) is 20.4. The van der Waals surface area contributed by atoms with Crippen LogP contribution in [0.15, 0.2) is 42.5 Å². The van der Waals surface area contributed by atoms with E-state index in [1.165, 1.54) is 12.1 Å². The van der Waals surface area contributed by atoms with Crippen LogP contribution in [0.5, 0.6) is 0 Å². The summed E-state index contributed by atoms with van der Waals surface area (Å²) >= 11 is 0. The summed E-state index contributed by atoms with van der Waals surface area (Å²) in [6, 6.07) is 11.5. The maximum atomic E-state index is 13.4. The topological polar surface area (TPSA) is 99.8 Å². The monoisotopic (exact) mass is 393 g/mol. The lowest BCUT2D eigenvalue weighted by molar-refractivity contribution is -0.118. The molecule has 0 radical (unpaired) electrons. The predicted octanol–water partition coefficient (Wildman–Crippen LogP) is 2.53. The van der Waals surface area contributed by atoms with Gasteiger partial charge in [0.25, 0.3) is 5.91 Å². The molecule has 3 aromatic rings. The average molecular weight is 393 g/mol. The summed E-state index contributed by atoms with van der Waals surface area (Å²) < 4.78 is 13.4. The number of carbonyl (C=O) groups excluding carboxylic acids is 2. The van der Waals surface area contributed by atoms with Crippen molar-refractivity contribution < 1.29 is 14.0 Å². The Labute approximate surface area is 166 Å². The first-order valence-electron chi connectivity index (χ1n) is 9.35. The van der Waals surface area contributed by atoms with Crippen LogP contribution in [0, 0.1) is 12.7 Å². The molecule has 2 heterocycles. The average Bonchev–Trinajstić information content (AvgIpc) is 3.10. The van der Waals surface area contributed by atoms with Gasteiger partial charge in [-0.25, -0.2) is 4.39 Å². The third-order valence-corrected chi connectivity index (χ3v) is 4.89. The molecule has 0 spiro atoms. The van der Waals surface area contributed by atoms with Gasteiger partial charge in [-0.05, 0) is 43.0 Å². The van der Waals surface area contributed by atoms with Crippen LogP contribution in [-0.2, 0) is 17.6 Å². The summed E-state index contributed by atoms with van der Waals surface area (Å²) in [7, 11) is 0. The van der Waals surface area contributed by atoms with Crippen LogP contribution in [0.4, 0.5) is 10.1 Å². The van der Waals surface area contributed by atoms with Gasteiger partial charge in [0.05, 0.1) is 0 Å². The predicted molar refractivity (Wildman–Crippen MR) is 105 cm³/mol. The van der Waals surface area contributed by atoms with Crippen molar-refractivity contribution >= 4 is 17.5 Å². The fourth-order valence-electron chi connectivity index (χ4n) is 3.28. The number of benzene rings is 2. The number of amides is 2. The molecule has 1 aliphatic rings. The molecule has 1 atom stereocenters. The summed E-state index contributed by atoms with van der Waals surface area (Å²) in [5.74, 6) is -0.707. The molecule has 7 nitrogen and oxygen atoms in total. The number of nitrogens with one attached hydrogen (secondary N) is 3. The van der Waals surface area contributed by atoms with Crippen molar-refractivity contribution in [2.75, 3.05) is 5.32 Å². The van der Waals surface area contributed by atoms with Crippen molar-refractivity contribution in [1.29, 1.82) is 0 Å². The molecule has 4 rings (SSSR count). The van der Waals surface area contributed by atoms with Gasteiger partial charge in [0.2, 0.25) is 11.7 Å². The van der Waals surface area contributed by atoms with Crippen LogP contribution in [0.3, 0.4) is 0 Å². The summed E-state index contributed by atoms with van der Waals surface area (Å²) in [5, 5.41) is 13.3. The molecule has 3 N–H and O–H groups in total. The van der Waals surface area contributed by atoms with Crippen LogP contribution in [0.1, 0.15) is 39.6 Å². The molecule has 0 aliphatic carbocycles. The van der Waals surface area contributed by atoms with E-state index in [1.54, 1.807) is 6.07 Å². The minimum absolute atomic E-state index is 0.0488. The SMILES string of the molecule is Cc1ccc(Cc2nnc(C(=O)NC3CCc4ccc(F)cc4NC3=O)[nH]2)cc1. The Morgan fingerprint density at radius 1 is 1.21 bits per heavy atom. The first-order chi connectivity index (χ1) is 14.0. The number of nitrogens with zero attached hydrogens (tertiary/aromatic N) is 2. The quantitative estimate of drug-likeness (QED) is 0.634. The zero-order valence-electron chi connectivity index (χ0n) is 15.8. The Balaban J connectivity index is 1.41. The van der Waals surface area contributed by atoms with Crippen molar-refractivity contribution in [3.05, 3.63) is 76.6 Å². The molecule has 148 valence electrons. The van der Waals surface area contributed by atoms with E-state index in [0.717, 1.165) is 16.7 Å². The van der Waals surface area contributed by atoms with E-state index in [0.29, 0.717) is 30.8 Å². The normalized spacial score (nSPS) is 15.9. The minimum Gasteiger partial charge on any atom is -0.337 e. The van der Waals surface area contributed by atoms with Crippen molar-refractivity contribution in [3.8, 4) is 0 Å². The molecular weight excluding hydrogens is 373 g/mol. The summed E-state index contributed by atoms with van der Waals surface area (Å²) in [5.41, 5.74) is 3.48. The van der Waals surface area contributed by atoms with Gasteiger partial charge in [-0.3, -0.25) is 9.59 Å². The van der Waals surface area contributed by atoms with E-state index >= 15 is 0 Å². The van der Waals surface area contributed by atoms with Crippen molar-refractivity contribution in [2.24, 2.45) is 0 Å². The highest BCUT2D eigenvalue weighted by molar-refractivity contribution is 6.00. The summed E-state index contributed by atoms with van der Waals surface area (Å²) in [6.45, 7) is 2.01. The Morgan fingerprint density at radius 2 is 2.00 bits per heavy atom.